The van der Waals surface area contributed by atoms with Crippen LogP contribution in [0.3, 0.4) is 0 Å². The Bertz CT molecular complexity index is 334. The van der Waals surface area contributed by atoms with Crippen molar-refractivity contribution in [1.82, 2.24) is 10.6 Å². The van der Waals surface area contributed by atoms with E-state index in [-0.39, 0.29) is 22.9 Å². The van der Waals surface area contributed by atoms with E-state index in [0.717, 1.165) is 0 Å². The summed E-state index contributed by atoms with van der Waals surface area (Å²) in [5.74, 6) is 0. The summed E-state index contributed by atoms with van der Waals surface area (Å²) in [5.41, 5.74) is 10.0. The van der Waals surface area contributed by atoms with Gasteiger partial charge in [-0.25, -0.2) is 0 Å². The topological polar surface area (TPSA) is 158 Å². The van der Waals surface area contributed by atoms with E-state index >= 15 is 0 Å². The van der Waals surface area contributed by atoms with Crippen LogP contribution in [0.1, 0.15) is 6.92 Å². The molecule has 0 rings (SSSR count). The summed E-state index contributed by atoms with van der Waals surface area (Å²) in [6, 6.07) is -0.314. The Morgan fingerprint density at radius 2 is 1.65 bits per heavy atom. The van der Waals surface area contributed by atoms with E-state index in [1.807, 2.05) is 0 Å². The number of amides is 2. The molecule has 0 aromatic carbocycles. The molecule has 0 aliphatic carbocycles. The molecule has 0 heterocycles. The summed E-state index contributed by atoms with van der Waals surface area (Å²) in [4.78, 5) is 22.2. The Morgan fingerprint density at radius 1 is 1.18 bits per heavy atom. The zero-order valence-electron chi connectivity index (χ0n) is 9.07. The highest BCUT2D eigenvalue weighted by molar-refractivity contribution is 8.26. The van der Waals surface area contributed by atoms with Crippen LogP contribution in [-0.2, 0) is 0 Å². The van der Waals surface area contributed by atoms with Crippen LogP contribution >= 0.6 is 23.5 Å². The first-order chi connectivity index (χ1) is 7.81. The smallest absolute Gasteiger partial charge is 0.287 e. The van der Waals surface area contributed by atoms with E-state index < -0.39 is 10.5 Å². The Hall–Kier alpha value is -1.42. The first kappa shape index (κ1) is 15.6. The predicted octanol–water partition coefficient (Wildman–Crippen LogP) is 0.0474. The summed E-state index contributed by atoms with van der Waals surface area (Å²) in [5, 5.41) is 17.2. The number of nitrogens with two attached hydrogens (primary N) is 2. The standard InChI is InChI=1S/C7H14N6O2S2/c1-3(13-7(15)17-5(10)11)2-12-6(14)16-4(8)9/h3H,2H2,1H3,(H3,8,9)(H3,10,11)(H,12,14)(H,13,15). The summed E-state index contributed by atoms with van der Waals surface area (Å²) < 4.78 is 0. The van der Waals surface area contributed by atoms with Crippen molar-refractivity contribution in [2.24, 2.45) is 11.5 Å². The van der Waals surface area contributed by atoms with Gasteiger partial charge in [-0.15, -0.1) is 0 Å². The molecule has 0 saturated heterocycles. The Kier molecular flexibility index (Phi) is 7.14. The molecule has 8 nitrogen and oxygen atoms in total. The number of thioether (sulfide) groups is 2. The number of rotatable bonds is 3. The van der Waals surface area contributed by atoms with Gasteiger partial charge < -0.3 is 22.1 Å². The second kappa shape index (κ2) is 7.79. The van der Waals surface area contributed by atoms with Crippen molar-refractivity contribution in [1.29, 1.82) is 10.8 Å². The molecule has 0 aromatic rings. The third kappa shape index (κ3) is 9.51. The van der Waals surface area contributed by atoms with Gasteiger partial charge in [0.1, 0.15) is 0 Å². The van der Waals surface area contributed by atoms with E-state index in [1.165, 1.54) is 0 Å². The van der Waals surface area contributed by atoms with Gasteiger partial charge in [-0.1, -0.05) is 0 Å². The first-order valence-corrected chi connectivity index (χ1v) is 6.06. The number of hydrogen-bond donors (Lipinski definition) is 6. The second-order valence-electron chi connectivity index (χ2n) is 2.93. The highest BCUT2D eigenvalue weighted by Crippen LogP contribution is 2.01. The highest BCUT2D eigenvalue weighted by atomic mass is 32.2. The normalized spacial score (nSPS) is 11.4. The zero-order valence-corrected chi connectivity index (χ0v) is 10.7. The number of hydrogen-bond acceptors (Lipinski definition) is 6. The molecule has 8 N–H and O–H groups in total. The van der Waals surface area contributed by atoms with Gasteiger partial charge >= 0.3 is 0 Å². The lowest BCUT2D eigenvalue weighted by atomic mass is 10.3. The van der Waals surface area contributed by atoms with Gasteiger partial charge in [-0.2, -0.15) is 0 Å². The van der Waals surface area contributed by atoms with Gasteiger partial charge in [-0.05, 0) is 6.92 Å². The molecular weight excluding hydrogens is 264 g/mol. The van der Waals surface area contributed by atoms with Crippen molar-refractivity contribution >= 4 is 44.3 Å². The SMILES string of the molecule is CC(CNC(=O)SC(=N)N)NC(=O)SC(=N)N. The third-order valence-corrected chi connectivity index (χ3v) is 2.39. The Labute approximate surface area is 107 Å². The number of carbonyl (C=O) groups excluding carboxylic acids is 2. The van der Waals surface area contributed by atoms with Crippen molar-refractivity contribution in [3.8, 4) is 0 Å². The minimum atomic E-state index is -0.460. The number of carbonyl (C=O) groups is 2. The molecule has 0 saturated carbocycles. The summed E-state index contributed by atoms with van der Waals surface area (Å²) >= 11 is 1.13. The quantitative estimate of drug-likeness (QED) is 0.316. The summed E-state index contributed by atoms with van der Waals surface area (Å²) in [6.07, 6.45) is 0. The molecule has 0 radical (unpaired) electrons. The van der Waals surface area contributed by atoms with Crippen LogP contribution in [0.5, 0.6) is 0 Å². The molecule has 1 atom stereocenters. The lowest BCUT2D eigenvalue weighted by molar-refractivity contribution is 0.254. The van der Waals surface area contributed by atoms with Crippen LogP contribution in [0, 0.1) is 10.8 Å². The molecule has 0 aliphatic heterocycles. The van der Waals surface area contributed by atoms with E-state index in [0.29, 0.717) is 23.5 Å². The molecule has 17 heavy (non-hydrogen) atoms. The van der Waals surface area contributed by atoms with Gasteiger partial charge in [0, 0.05) is 36.1 Å². The monoisotopic (exact) mass is 278 g/mol. The maximum absolute atomic E-state index is 11.1. The van der Waals surface area contributed by atoms with Crippen molar-refractivity contribution in [3.05, 3.63) is 0 Å². The Balaban J connectivity index is 3.83. The molecule has 0 spiro atoms. The van der Waals surface area contributed by atoms with Gasteiger partial charge in [0.05, 0.1) is 0 Å². The molecule has 0 bridgehead atoms. The van der Waals surface area contributed by atoms with Crippen LogP contribution < -0.4 is 22.1 Å². The van der Waals surface area contributed by atoms with Gasteiger partial charge in [0.2, 0.25) is 0 Å². The molecule has 0 aliphatic rings. The average Bonchev–Trinajstić information content (AvgIpc) is 2.12. The highest BCUT2D eigenvalue weighted by Gasteiger charge is 2.11. The molecule has 10 heteroatoms. The van der Waals surface area contributed by atoms with Gasteiger partial charge in [-0.3, -0.25) is 20.4 Å². The molecule has 0 aromatic heterocycles. The average molecular weight is 278 g/mol. The maximum atomic E-state index is 11.1. The zero-order chi connectivity index (χ0) is 13.4. The lowest BCUT2D eigenvalue weighted by Gasteiger charge is -2.13. The van der Waals surface area contributed by atoms with Crippen LogP contribution in [0.25, 0.3) is 0 Å². The second-order valence-corrected chi connectivity index (χ2v) is 4.96. The third-order valence-electron chi connectivity index (χ3n) is 1.32. The van der Waals surface area contributed by atoms with Crippen LogP contribution in [-0.4, -0.2) is 33.4 Å². The summed E-state index contributed by atoms with van der Waals surface area (Å²) in [7, 11) is 0. The first-order valence-electron chi connectivity index (χ1n) is 4.43. The summed E-state index contributed by atoms with van der Waals surface area (Å²) in [6.45, 7) is 1.88. The van der Waals surface area contributed by atoms with Gasteiger partial charge in [0.25, 0.3) is 10.5 Å². The fourth-order valence-electron chi connectivity index (χ4n) is 0.754. The molecule has 2 amide bonds. The molecular formula is C7H14N6O2S2. The number of amidine groups is 2. The van der Waals surface area contributed by atoms with Crippen LogP contribution in [0.15, 0.2) is 0 Å². The van der Waals surface area contributed by atoms with E-state index in [9.17, 15) is 9.59 Å². The minimum Gasteiger partial charge on any atom is -0.378 e. The Morgan fingerprint density at radius 3 is 2.12 bits per heavy atom. The van der Waals surface area contributed by atoms with Crippen molar-refractivity contribution in [2.45, 2.75) is 13.0 Å². The fourth-order valence-corrected chi connectivity index (χ4v) is 1.57. The molecule has 0 fully saturated rings. The van der Waals surface area contributed by atoms with Crippen LogP contribution in [0.4, 0.5) is 9.59 Å². The van der Waals surface area contributed by atoms with Gasteiger partial charge in [0.15, 0.2) is 10.3 Å². The largest absolute Gasteiger partial charge is 0.378 e. The van der Waals surface area contributed by atoms with Crippen molar-refractivity contribution in [2.75, 3.05) is 6.54 Å². The van der Waals surface area contributed by atoms with Crippen molar-refractivity contribution in [3.63, 3.8) is 0 Å². The number of nitrogens with one attached hydrogen (secondary N) is 4. The minimum absolute atomic E-state index is 0.198. The fraction of sp³-hybridized carbons (Fsp3) is 0.429. The van der Waals surface area contributed by atoms with Crippen molar-refractivity contribution < 1.29 is 9.59 Å². The van der Waals surface area contributed by atoms with E-state index in [1.54, 1.807) is 6.92 Å². The van der Waals surface area contributed by atoms with E-state index in [4.69, 9.17) is 22.3 Å². The predicted molar refractivity (Wildman–Crippen MR) is 70.4 cm³/mol. The molecule has 1 unspecified atom stereocenters. The molecule has 96 valence electrons. The lowest BCUT2D eigenvalue weighted by Crippen LogP contribution is -2.40. The maximum Gasteiger partial charge on any atom is 0.287 e. The van der Waals surface area contributed by atoms with E-state index in [2.05, 4.69) is 10.6 Å². The van der Waals surface area contributed by atoms with Crippen LogP contribution in [0.2, 0.25) is 0 Å².